The molecular formula is C21H15N3O3S. The van der Waals surface area contributed by atoms with E-state index >= 15 is 0 Å². The van der Waals surface area contributed by atoms with Crippen molar-refractivity contribution in [1.29, 1.82) is 0 Å². The second-order valence-electron chi connectivity index (χ2n) is 5.98. The third-order valence-electron chi connectivity index (χ3n) is 4.07. The van der Waals surface area contributed by atoms with Crippen LogP contribution in [0.5, 0.6) is 0 Å². The number of nitrogens with zero attached hydrogens (tertiary/aromatic N) is 2. The van der Waals surface area contributed by atoms with E-state index in [2.05, 4.69) is 10.3 Å². The molecule has 0 bridgehead atoms. The zero-order valence-corrected chi connectivity index (χ0v) is 15.4. The van der Waals surface area contributed by atoms with Gasteiger partial charge in [0.1, 0.15) is 0 Å². The maximum atomic E-state index is 12.3. The molecule has 1 aromatic heterocycles. The predicted molar refractivity (Wildman–Crippen MR) is 110 cm³/mol. The fourth-order valence-electron chi connectivity index (χ4n) is 2.77. The van der Waals surface area contributed by atoms with Crippen molar-refractivity contribution in [3.05, 3.63) is 89.1 Å². The predicted octanol–water partition coefficient (Wildman–Crippen LogP) is 4.07. The van der Waals surface area contributed by atoms with Crippen LogP contribution in [0.15, 0.2) is 82.8 Å². The van der Waals surface area contributed by atoms with Gasteiger partial charge in [-0.2, -0.15) is 0 Å². The summed E-state index contributed by atoms with van der Waals surface area (Å²) in [6.07, 6.45) is 3.59. The van der Waals surface area contributed by atoms with E-state index in [4.69, 9.17) is 0 Å². The number of carboxylic acids is 1. The highest BCUT2D eigenvalue weighted by Gasteiger charge is 2.24. The third kappa shape index (κ3) is 3.74. The average Bonchev–Trinajstić information content (AvgIpc) is 3.29. The van der Waals surface area contributed by atoms with Crippen LogP contribution in [0, 0.1) is 0 Å². The van der Waals surface area contributed by atoms with E-state index in [-0.39, 0.29) is 11.5 Å². The molecule has 0 aliphatic carbocycles. The van der Waals surface area contributed by atoms with Gasteiger partial charge < -0.3 is 15.0 Å². The van der Waals surface area contributed by atoms with Crippen LogP contribution in [0.25, 0.3) is 11.8 Å². The van der Waals surface area contributed by atoms with E-state index in [1.165, 1.54) is 11.8 Å². The van der Waals surface area contributed by atoms with Gasteiger partial charge in [0.25, 0.3) is 5.91 Å². The van der Waals surface area contributed by atoms with Gasteiger partial charge in [-0.05, 0) is 60.3 Å². The van der Waals surface area contributed by atoms with Gasteiger partial charge in [0.15, 0.2) is 5.17 Å². The molecule has 3 aromatic rings. The number of hydrogen-bond donors (Lipinski definition) is 2. The molecular weight excluding hydrogens is 374 g/mol. The molecule has 4 rings (SSSR count). The molecule has 0 unspecified atom stereocenters. The third-order valence-corrected chi connectivity index (χ3v) is 4.98. The maximum absolute atomic E-state index is 12.3. The number of aromatic carboxylic acids is 1. The molecule has 1 amide bonds. The van der Waals surface area contributed by atoms with Crippen LogP contribution in [0.3, 0.4) is 0 Å². The van der Waals surface area contributed by atoms with Crippen molar-refractivity contribution < 1.29 is 14.7 Å². The Kier molecular flexibility index (Phi) is 4.82. The van der Waals surface area contributed by atoms with E-state index in [0.717, 1.165) is 11.4 Å². The molecule has 1 aliphatic rings. The number of carbonyl (C=O) groups is 2. The van der Waals surface area contributed by atoms with Crippen molar-refractivity contribution in [1.82, 2.24) is 9.88 Å². The highest BCUT2D eigenvalue weighted by molar-refractivity contribution is 8.18. The van der Waals surface area contributed by atoms with Gasteiger partial charge in [-0.3, -0.25) is 4.79 Å². The van der Waals surface area contributed by atoms with Crippen molar-refractivity contribution >= 4 is 40.6 Å². The van der Waals surface area contributed by atoms with Crippen LogP contribution in [-0.2, 0) is 4.79 Å². The number of aromatic nitrogens is 1. The Morgan fingerprint density at radius 3 is 2.68 bits per heavy atom. The molecule has 0 radical (unpaired) electrons. The fourth-order valence-corrected chi connectivity index (χ4v) is 3.60. The van der Waals surface area contributed by atoms with E-state index < -0.39 is 5.97 Å². The van der Waals surface area contributed by atoms with Gasteiger partial charge in [0, 0.05) is 17.6 Å². The molecule has 1 fully saturated rings. The number of rotatable bonds is 4. The van der Waals surface area contributed by atoms with Crippen LogP contribution in [0.4, 0.5) is 5.69 Å². The number of amidine groups is 1. The van der Waals surface area contributed by atoms with E-state index in [1.807, 2.05) is 59.3 Å². The number of carbonyl (C=O) groups excluding carboxylic acids is 1. The number of para-hydroxylation sites is 1. The Bertz CT molecular complexity index is 1120. The van der Waals surface area contributed by atoms with Gasteiger partial charge in [0.2, 0.25) is 0 Å². The summed E-state index contributed by atoms with van der Waals surface area (Å²) in [5, 5.41) is 12.5. The molecule has 6 nitrogen and oxygen atoms in total. The number of nitrogens with one attached hydrogen (secondary N) is 1. The summed E-state index contributed by atoms with van der Waals surface area (Å²) in [5.74, 6) is -1.20. The lowest BCUT2D eigenvalue weighted by Gasteiger charge is -2.07. The molecule has 2 aromatic carbocycles. The molecule has 7 heteroatoms. The zero-order valence-electron chi connectivity index (χ0n) is 14.6. The van der Waals surface area contributed by atoms with Gasteiger partial charge >= 0.3 is 5.97 Å². The quantitative estimate of drug-likeness (QED) is 0.659. The summed E-state index contributed by atoms with van der Waals surface area (Å²) < 4.78 is 1.83. The molecule has 2 N–H and O–H groups in total. The van der Waals surface area contributed by atoms with Crippen LogP contribution in [0.2, 0.25) is 0 Å². The van der Waals surface area contributed by atoms with Crippen LogP contribution in [-0.4, -0.2) is 26.7 Å². The van der Waals surface area contributed by atoms with Crippen LogP contribution in [0.1, 0.15) is 16.1 Å². The van der Waals surface area contributed by atoms with E-state index in [0.29, 0.717) is 15.8 Å². The molecule has 138 valence electrons. The molecule has 0 saturated carbocycles. The average molecular weight is 389 g/mol. The number of benzene rings is 2. The fraction of sp³-hybridized carbons (Fsp3) is 0. The first-order valence-corrected chi connectivity index (χ1v) is 9.27. The summed E-state index contributed by atoms with van der Waals surface area (Å²) in [6, 6.07) is 19.7. The number of hydrogen-bond acceptors (Lipinski definition) is 4. The standard InChI is InChI=1S/C21H15N3O3S/c25-19-18(28-21(23-19)22-15-7-2-1-3-8-15)13-17-10-5-11-24(17)16-9-4-6-14(12-16)20(26)27/h1-13H,(H,26,27)(H,22,23,25). The zero-order chi connectivity index (χ0) is 19.5. The first kappa shape index (κ1) is 17.8. The van der Waals surface area contributed by atoms with Crippen molar-refractivity contribution in [2.75, 3.05) is 0 Å². The normalized spacial score (nSPS) is 16.5. The van der Waals surface area contributed by atoms with Crippen LogP contribution >= 0.6 is 11.8 Å². The van der Waals surface area contributed by atoms with Crippen molar-refractivity contribution in [3.8, 4) is 5.69 Å². The lowest BCUT2D eigenvalue weighted by molar-refractivity contribution is -0.115. The Hall–Kier alpha value is -3.58. The van der Waals surface area contributed by atoms with Crippen molar-refractivity contribution in [3.63, 3.8) is 0 Å². The van der Waals surface area contributed by atoms with E-state index in [1.54, 1.807) is 24.3 Å². The van der Waals surface area contributed by atoms with E-state index in [9.17, 15) is 14.7 Å². The second-order valence-corrected chi connectivity index (χ2v) is 7.01. The highest BCUT2D eigenvalue weighted by Crippen LogP contribution is 2.28. The Balaban J connectivity index is 1.63. The SMILES string of the molecule is O=C1NC(=Nc2ccccc2)SC1=Cc1cccn1-c1cccc(C(=O)O)c1. The highest BCUT2D eigenvalue weighted by atomic mass is 32.2. The van der Waals surface area contributed by atoms with Gasteiger partial charge in [-0.15, -0.1) is 0 Å². The summed E-state index contributed by atoms with van der Waals surface area (Å²) >= 11 is 1.27. The minimum absolute atomic E-state index is 0.204. The van der Waals surface area contributed by atoms with Gasteiger partial charge in [-0.25, -0.2) is 9.79 Å². The number of carboxylic acid groups (broad SMARTS) is 1. The summed E-state index contributed by atoms with van der Waals surface area (Å²) in [5.41, 5.74) is 2.44. The Morgan fingerprint density at radius 2 is 1.89 bits per heavy atom. The number of aliphatic imine (C=N–C) groups is 1. The minimum Gasteiger partial charge on any atom is -0.478 e. The van der Waals surface area contributed by atoms with Crippen molar-refractivity contribution in [2.24, 2.45) is 4.99 Å². The largest absolute Gasteiger partial charge is 0.478 e. The minimum atomic E-state index is -0.985. The first-order valence-electron chi connectivity index (χ1n) is 8.46. The summed E-state index contributed by atoms with van der Waals surface area (Å²) in [4.78, 5) is 28.5. The topological polar surface area (TPSA) is 83.7 Å². The van der Waals surface area contributed by atoms with Gasteiger partial charge in [-0.1, -0.05) is 24.3 Å². The molecule has 1 saturated heterocycles. The summed E-state index contributed by atoms with van der Waals surface area (Å²) in [6.45, 7) is 0. The lowest BCUT2D eigenvalue weighted by atomic mass is 10.2. The maximum Gasteiger partial charge on any atom is 0.335 e. The first-order chi connectivity index (χ1) is 13.6. The number of thioether (sulfide) groups is 1. The molecule has 0 spiro atoms. The Labute approximate surface area is 165 Å². The van der Waals surface area contributed by atoms with Crippen molar-refractivity contribution in [2.45, 2.75) is 0 Å². The smallest absolute Gasteiger partial charge is 0.335 e. The molecule has 1 aliphatic heterocycles. The molecule has 28 heavy (non-hydrogen) atoms. The van der Waals surface area contributed by atoms with Crippen LogP contribution < -0.4 is 5.32 Å². The summed E-state index contributed by atoms with van der Waals surface area (Å²) in [7, 11) is 0. The Morgan fingerprint density at radius 1 is 1.07 bits per heavy atom. The lowest BCUT2D eigenvalue weighted by Crippen LogP contribution is -2.19. The molecule has 0 atom stereocenters. The number of amides is 1. The van der Waals surface area contributed by atoms with Gasteiger partial charge in [0.05, 0.1) is 16.2 Å². The molecule has 2 heterocycles. The second kappa shape index (κ2) is 7.58. The monoisotopic (exact) mass is 389 g/mol.